The monoisotopic (exact) mass is 271 g/mol. The molecule has 0 saturated heterocycles. The zero-order chi connectivity index (χ0) is 14.5. The molecule has 1 aliphatic carbocycles. The van der Waals surface area contributed by atoms with E-state index < -0.39 is 11.5 Å². The molecule has 4 nitrogen and oxygen atoms in total. The first-order valence-corrected chi connectivity index (χ1v) is 7.48. The number of ether oxygens (including phenoxy) is 1. The summed E-state index contributed by atoms with van der Waals surface area (Å²) >= 11 is 0. The summed E-state index contributed by atoms with van der Waals surface area (Å²) in [6, 6.07) is 0.177. The molecule has 0 amide bonds. The molecule has 1 fully saturated rings. The molecule has 1 rings (SSSR count). The Bertz CT molecular complexity index is 291. The SMILES string of the molecule is CC(C)CCCOC1CCC(NC(C)C)(C(=O)O)C1. The molecule has 0 bridgehead atoms. The van der Waals surface area contributed by atoms with E-state index in [1.807, 2.05) is 13.8 Å². The Morgan fingerprint density at radius 1 is 1.42 bits per heavy atom. The summed E-state index contributed by atoms with van der Waals surface area (Å²) in [5, 5.41) is 12.7. The third-order valence-electron chi connectivity index (χ3n) is 3.72. The first-order chi connectivity index (χ1) is 8.85. The second-order valence-corrected chi connectivity index (χ2v) is 6.46. The number of carboxylic acid groups (broad SMARTS) is 1. The van der Waals surface area contributed by atoms with Crippen molar-refractivity contribution in [3.63, 3.8) is 0 Å². The molecule has 2 unspecified atom stereocenters. The van der Waals surface area contributed by atoms with Gasteiger partial charge in [0.05, 0.1) is 6.10 Å². The van der Waals surface area contributed by atoms with Crippen molar-refractivity contribution in [1.82, 2.24) is 5.32 Å². The molecule has 19 heavy (non-hydrogen) atoms. The Balaban J connectivity index is 2.39. The van der Waals surface area contributed by atoms with E-state index in [4.69, 9.17) is 4.74 Å². The van der Waals surface area contributed by atoms with Crippen LogP contribution in [0, 0.1) is 5.92 Å². The average molecular weight is 271 g/mol. The van der Waals surface area contributed by atoms with Crippen molar-refractivity contribution in [2.75, 3.05) is 6.61 Å². The van der Waals surface area contributed by atoms with E-state index in [0.29, 0.717) is 18.8 Å². The number of aliphatic carboxylic acids is 1. The Hall–Kier alpha value is -0.610. The molecule has 1 saturated carbocycles. The number of hydrogen-bond acceptors (Lipinski definition) is 3. The van der Waals surface area contributed by atoms with Crippen molar-refractivity contribution in [2.24, 2.45) is 5.92 Å². The van der Waals surface area contributed by atoms with E-state index in [0.717, 1.165) is 19.4 Å². The fraction of sp³-hybridized carbons (Fsp3) is 0.933. The van der Waals surface area contributed by atoms with Gasteiger partial charge in [0, 0.05) is 19.1 Å². The second kappa shape index (κ2) is 7.25. The van der Waals surface area contributed by atoms with E-state index in [9.17, 15) is 9.90 Å². The number of carbonyl (C=O) groups is 1. The van der Waals surface area contributed by atoms with Gasteiger partial charge in [0.2, 0.25) is 0 Å². The van der Waals surface area contributed by atoms with Gasteiger partial charge in [-0.25, -0.2) is 0 Å². The van der Waals surface area contributed by atoms with Crippen LogP contribution in [0.4, 0.5) is 0 Å². The number of carboxylic acids is 1. The molecular formula is C15H29NO3. The topological polar surface area (TPSA) is 58.6 Å². The maximum Gasteiger partial charge on any atom is 0.324 e. The van der Waals surface area contributed by atoms with Crippen LogP contribution in [0.25, 0.3) is 0 Å². The molecule has 4 heteroatoms. The number of hydrogen-bond donors (Lipinski definition) is 2. The predicted molar refractivity (Wildman–Crippen MR) is 76.3 cm³/mol. The fourth-order valence-corrected chi connectivity index (χ4v) is 2.82. The lowest BCUT2D eigenvalue weighted by atomic mass is 9.96. The van der Waals surface area contributed by atoms with Crippen LogP contribution in [0.5, 0.6) is 0 Å². The van der Waals surface area contributed by atoms with Crippen molar-refractivity contribution in [2.45, 2.75) is 77.5 Å². The fourth-order valence-electron chi connectivity index (χ4n) is 2.82. The summed E-state index contributed by atoms with van der Waals surface area (Å²) in [6.07, 6.45) is 4.41. The smallest absolute Gasteiger partial charge is 0.324 e. The molecule has 0 aromatic heterocycles. The van der Waals surface area contributed by atoms with Crippen LogP contribution in [-0.4, -0.2) is 35.4 Å². The molecule has 0 aliphatic heterocycles. The Morgan fingerprint density at radius 3 is 2.63 bits per heavy atom. The van der Waals surface area contributed by atoms with E-state index >= 15 is 0 Å². The van der Waals surface area contributed by atoms with Crippen molar-refractivity contribution in [1.29, 1.82) is 0 Å². The van der Waals surface area contributed by atoms with Gasteiger partial charge < -0.3 is 9.84 Å². The summed E-state index contributed by atoms with van der Waals surface area (Å²) < 4.78 is 5.84. The van der Waals surface area contributed by atoms with Gasteiger partial charge in [-0.2, -0.15) is 0 Å². The summed E-state index contributed by atoms with van der Waals surface area (Å²) in [5.41, 5.74) is -0.781. The van der Waals surface area contributed by atoms with Gasteiger partial charge in [-0.15, -0.1) is 0 Å². The van der Waals surface area contributed by atoms with Crippen LogP contribution in [0.3, 0.4) is 0 Å². The number of nitrogens with one attached hydrogen (secondary N) is 1. The van der Waals surface area contributed by atoms with Crippen LogP contribution >= 0.6 is 0 Å². The maximum absolute atomic E-state index is 11.5. The first kappa shape index (κ1) is 16.4. The van der Waals surface area contributed by atoms with Crippen LogP contribution < -0.4 is 5.32 Å². The number of rotatable bonds is 8. The van der Waals surface area contributed by atoms with Crippen LogP contribution in [-0.2, 0) is 9.53 Å². The zero-order valence-corrected chi connectivity index (χ0v) is 12.7. The Kier molecular flexibility index (Phi) is 6.27. The highest BCUT2D eigenvalue weighted by molar-refractivity contribution is 5.79. The highest BCUT2D eigenvalue weighted by Crippen LogP contribution is 2.33. The lowest BCUT2D eigenvalue weighted by molar-refractivity contribution is -0.145. The summed E-state index contributed by atoms with van der Waals surface area (Å²) in [7, 11) is 0. The van der Waals surface area contributed by atoms with Crippen LogP contribution in [0.2, 0.25) is 0 Å². The van der Waals surface area contributed by atoms with Gasteiger partial charge in [0.1, 0.15) is 5.54 Å². The third-order valence-corrected chi connectivity index (χ3v) is 3.72. The molecule has 0 aromatic carbocycles. The Morgan fingerprint density at radius 2 is 2.11 bits per heavy atom. The normalized spacial score (nSPS) is 27.4. The lowest BCUT2D eigenvalue weighted by Gasteiger charge is -2.28. The van der Waals surface area contributed by atoms with E-state index in [1.165, 1.54) is 6.42 Å². The molecule has 0 spiro atoms. The molecule has 0 heterocycles. The summed E-state index contributed by atoms with van der Waals surface area (Å²) in [4.78, 5) is 11.5. The van der Waals surface area contributed by atoms with Gasteiger partial charge in [-0.05, 0) is 45.4 Å². The molecule has 1 aliphatic rings. The minimum atomic E-state index is -0.781. The standard InChI is InChI=1S/C15H29NO3/c1-11(2)6-5-9-19-13-7-8-15(10-13,14(17)18)16-12(3)4/h11-13,16H,5-10H2,1-4H3,(H,17,18). The van der Waals surface area contributed by atoms with Crippen LogP contribution in [0.1, 0.15) is 59.8 Å². The molecule has 2 atom stereocenters. The van der Waals surface area contributed by atoms with Gasteiger partial charge in [-0.1, -0.05) is 13.8 Å². The van der Waals surface area contributed by atoms with E-state index in [1.54, 1.807) is 0 Å². The lowest BCUT2D eigenvalue weighted by Crippen LogP contribution is -2.53. The summed E-state index contributed by atoms with van der Waals surface area (Å²) in [5.74, 6) is -0.0395. The van der Waals surface area contributed by atoms with Gasteiger partial charge >= 0.3 is 5.97 Å². The minimum absolute atomic E-state index is 0.0921. The van der Waals surface area contributed by atoms with Crippen molar-refractivity contribution < 1.29 is 14.6 Å². The highest BCUT2D eigenvalue weighted by Gasteiger charge is 2.46. The Labute approximate surface area is 116 Å². The van der Waals surface area contributed by atoms with Gasteiger partial charge in [0.25, 0.3) is 0 Å². The zero-order valence-electron chi connectivity index (χ0n) is 12.7. The molecule has 2 N–H and O–H groups in total. The molecule has 0 radical (unpaired) electrons. The predicted octanol–water partition coefficient (Wildman–Crippen LogP) is 2.81. The summed E-state index contributed by atoms with van der Waals surface area (Å²) in [6.45, 7) is 9.14. The molecular weight excluding hydrogens is 242 g/mol. The largest absolute Gasteiger partial charge is 0.480 e. The van der Waals surface area contributed by atoms with Gasteiger partial charge in [0.15, 0.2) is 0 Å². The first-order valence-electron chi connectivity index (χ1n) is 7.48. The third kappa shape index (κ3) is 5.11. The van der Waals surface area contributed by atoms with Crippen molar-refractivity contribution in [3.8, 4) is 0 Å². The quantitative estimate of drug-likeness (QED) is 0.666. The minimum Gasteiger partial charge on any atom is -0.480 e. The van der Waals surface area contributed by atoms with Gasteiger partial charge in [-0.3, -0.25) is 10.1 Å². The van der Waals surface area contributed by atoms with Crippen LogP contribution in [0.15, 0.2) is 0 Å². The van der Waals surface area contributed by atoms with E-state index in [2.05, 4.69) is 19.2 Å². The maximum atomic E-state index is 11.5. The second-order valence-electron chi connectivity index (χ2n) is 6.46. The van der Waals surface area contributed by atoms with Crippen molar-refractivity contribution >= 4 is 5.97 Å². The molecule has 0 aromatic rings. The average Bonchev–Trinajstić information content (AvgIpc) is 2.68. The molecule has 112 valence electrons. The van der Waals surface area contributed by atoms with E-state index in [-0.39, 0.29) is 12.1 Å². The highest BCUT2D eigenvalue weighted by atomic mass is 16.5. The van der Waals surface area contributed by atoms with Crippen molar-refractivity contribution in [3.05, 3.63) is 0 Å².